The Morgan fingerprint density at radius 1 is 1.40 bits per heavy atom. The van der Waals surface area contributed by atoms with Crippen molar-refractivity contribution in [2.45, 2.75) is 12.8 Å². The Balaban J connectivity index is 2.45. The Morgan fingerprint density at radius 3 is 2.93 bits per heavy atom. The second-order valence-corrected chi connectivity index (χ2v) is 3.44. The van der Waals surface area contributed by atoms with E-state index >= 15 is 0 Å². The van der Waals surface area contributed by atoms with Gasteiger partial charge in [-0.05, 0) is 24.1 Å². The third kappa shape index (κ3) is 1.75. The number of rotatable bonds is 2. The van der Waals surface area contributed by atoms with Crippen LogP contribution in [0.15, 0.2) is 18.2 Å². The fourth-order valence-corrected chi connectivity index (χ4v) is 1.79. The van der Waals surface area contributed by atoms with E-state index in [2.05, 4.69) is 0 Å². The zero-order valence-electron chi connectivity index (χ0n) is 8.07. The molecule has 78 valence electrons. The number of nitrogens with zero attached hydrogens (tertiary/aromatic N) is 1. The minimum absolute atomic E-state index is 0.00468. The topological polar surface area (TPSA) is 37.4 Å². The third-order valence-electron chi connectivity index (χ3n) is 2.50. The number of benzene rings is 1. The quantitative estimate of drug-likeness (QED) is 0.685. The van der Waals surface area contributed by atoms with Gasteiger partial charge in [-0.3, -0.25) is 4.79 Å². The van der Waals surface area contributed by atoms with E-state index in [1.54, 1.807) is 6.07 Å². The summed E-state index contributed by atoms with van der Waals surface area (Å²) in [4.78, 5) is 23.3. The summed E-state index contributed by atoms with van der Waals surface area (Å²) in [6.07, 6.45) is 1.65. The van der Waals surface area contributed by atoms with Crippen LogP contribution in [0.2, 0.25) is 0 Å². The van der Waals surface area contributed by atoms with E-state index in [4.69, 9.17) is 0 Å². The van der Waals surface area contributed by atoms with Gasteiger partial charge in [-0.15, -0.1) is 0 Å². The molecule has 0 saturated heterocycles. The molecule has 0 spiro atoms. The van der Waals surface area contributed by atoms with Gasteiger partial charge in [-0.25, -0.2) is 4.39 Å². The molecule has 15 heavy (non-hydrogen) atoms. The molecule has 0 aromatic heterocycles. The first-order valence-electron chi connectivity index (χ1n) is 4.75. The monoisotopic (exact) mass is 207 g/mol. The fraction of sp³-hybridized carbons (Fsp3) is 0.273. The molecule has 3 nitrogen and oxygen atoms in total. The maximum Gasteiger partial charge on any atom is 0.227 e. The van der Waals surface area contributed by atoms with Crippen molar-refractivity contribution in [1.29, 1.82) is 0 Å². The molecule has 1 aromatic carbocycles. The van der Waals surface area contributed by atoms with Gasteiger partial charge in [0.2, 0.25) is 5.91 Å². The first-order chi connectivity index (χ1) is 7.22. The second-order valence-electron chi connectivity index (χ2n) is 3.44. The molecule has 0 fully saturated rings. The number of halogens is 1. The molecular weight excluding hydrogens is 197 g/mol. The summed E-state index contributed by atoms with van der Waals surface area (Å²) >= 11 is 0. The second kappa shape index (κ2) is 3.81. The molecule has 0 aliphatic carbocycles. The summed E-state index contributed by atoms with van der Waals surface area (Å²) in [6, 6.07) is 4.33. The average molecular weight is 207 g/mol. The number of fused-ring (bicyclic) bond motifs is 1. The lowest BCUT2D eigenvalue weighted by Crippen LogP contribution is -2.36. The van der Waals surface area contributed by atoms with Crippen molar-refractivity contribution in [3.63, 3.8) is 0 Å². The molecule has 0 atom stereocenters. The van der Waals surface area contributed by atoms with Crippen molar-refractivity contribution in [3.05, 3.63) is 29.6 Å². The van der Waals surface area contributed by atoms with Gasteiger partial charge in [-0.1, -0.05) is 6.07 Å². The molecule has 1 heterocycles. The smallest absolute Gasteiger partial charge is 0.227 e. The van der Waals surface area contributed by atoms with Gasteiger partial charge in [0.25, 0.3) is 0 Å². The van der Waals surface area contributed by atoms with E-state index in [-0.39, 0.29) is 18.3 Å². The Hall–Kier alpha value is -1.71. The van der Waals surface area contributed by atoms with Crippen LogP contribution in [0.4, 0.5) is 10.1 Å². The number of aryl methyl sites for hydroxylation is 1. The molecule has 1 aliphatic rings. The van der Waals surface area contributed by atoms with Crippen molar-refractivity contribution in [2.24, 2.45) is 0 Å². The lowest BCUT2D eigenvalue weighted by Gasteiger charge is -2.27. The molecule has 0 unspecified atom stereocenters. The highest BCUT2D eigenvalue weighted by atomic mass is 19.1. The Morgan fingerprint density at radius 2 is 2.20 bits per heavy atom. The van der Waals surface area contributed by atoms with Crippen molar-refractivity contribution >= 4 is 17.9 Å². The van der Waals surface area contributed by atoms with Gasteiger partial charge in [0.15, 0.2) is 0 Å². The normalized spacial score (nSPS) is 15.0. The van der Waals surface area contributed by atoms with Crippen LogP contribution < -0.4 is 4.90 Å². The Kier molecular flexibility index (Phi) is 2.49. The molecule has 0 radical (unpaired) electrons. The number of carbonyl (C=O) groups is 2. The largest absolute Gasteiger partial charge is 0.305 e. The van der Waals surface area contributed by atoms with Gasteiger partial charge >= 0.3 is 0 Å². The molecule has 0 N–H and O–H groups in total. The van der Waals surface area contributed by atoms with Crippen LogP contribution >= 0.6 is 0 Å². The zero-order chi connectivity index (χ0) is 10.8. The predicted octanol–water partition coefficient (Wildman–Crippen LogP) is 1.30. The van der Waals surface area contributed by atoms with E-state index < -0.39 is 0 Å². The van der Waals surface area contributed by atoms with Gasteiger partial charge in [-0.2, -0.15) is 0 Å². The highest BCUT2D eigenvalue weighted by molar-refractivity contribution is 5.98. The van der Waals surface area contributed by atoms with Crippen molar-refractivity contribution in [3.8, 4) is 0 Å². The molecule has 0 bridgehead atoms. The van der Waals surface area contributed by atoms with Crippen molar-refractivity contribution in [2.75, 3.05) is 11.4 Å². The van der Waals surface area contributed by atoms with Crippen LogP contribution in [0.5, 0.6) is 0 Å². The maximum absolute atomic E-state index is 13.0. The third-order valence-corrected chi connectivity index (χ3v) is 2.50. The highest BCUT2D eigenvalue weighted by Crippen LogP contribution is 2.27. The van der Waals surface area contributed by atoms with Crippen LogP contribution in [0.1, 0.15) is 12.0 Å². The van der Waals surface area contributed by atoms with E-state index in [1.807, 2.05) is 0 Å². The summed E-state index contributed by atoms with van der Waals surface area (Å²) in [5.41, 5.74) is 1.44. The number of anilines is 1. The van der Waals surface area contributed by atoms with Gasteiger partial charge in [0, 0.05) is 6.42 Å². The lowest BCUT2D eigenvalue weighted by molar-refractivity contribution is -0.120. The minimum atomic E-state index is -0.389. The van der Waals surface area contributed by atoms with Crippen molar-refractivity contribution in [1.82, 2.24) is 0 Å². The standard InChI is InChI=1S/C11H10FNO2/c12-9-3-1-8-2-4-11(15)13(5-6-14)10(8)7-9/h1,3,6-7H,2,4-5H2. The molecule has 2 rings (SSSR count). The molecule has 1 aromatic rings. The van der Waals surface area contributed by atoms with Gasteiger partial charge in [0.05, 0.1) is 12.2 Å². The van der Waals surface area contributed by atoms with E-state index in [9.17, 15) is 14.0 Å². The van der Waals surface area contributed by atoms with Crippen LogP contribution in [0.3, 0.4) is 0 Å². The highest BCUT2D eigenvalue weighted by Gasteiger charge is 2.23. The summed E-state index contributed by atoms with van der Waals surface area (Å²) in [5, 5.41) is 0. The molecule has 4 heteroatoms. The van der Waals surface area contributed by atoms with Crippen LogP contribution in [0, 0.1) is 5.82 Å². The number of hydrogen-bond acceptors (Lipinski definition) is 2. The van der Waals surface area contributed by atoms with Gasteiger partial charge in [0.1, 0.15) is 12.1 Å². The minimum Gasteiger partial charge on any atom is -0.305 e. The summed E-state index contributed by atoms with van der Waals surface area (Å²) < 4.78 is 13.0. The number of amides is 1. The maximum atomic E-state index is 13.0. The van der Waals surface area contributed by atoms with Gasteiger partial charge < -0.3 is 9.69 Å². The SMILES string of the molecule is O=CCN1C(=O)CCc2ccc(F)cc21. The molecular formula is C11H10FNO2. The molecule has 1 aliphatic heterocycles. The number of hydrogen-bond donors (Lipinski definition) is 0. The average Bonchev–Trinajstić information content (AvgIpc) is 2.23. The van der Waals surface area contributed by atoms with Crippen LogP contribution in [0.25, 0.3) is 0 Å². The molecule has 1 amide bonds. The zero-order valence-corrected chi connectivity index (χ0v) is 8.07. The predicted molar refractivity (Wildman–Crippen MR) is 53.1 cm³/mol. The number of aldehydes is 1. The van der Waals surface area contributed by atoms with Crippen LogP contribution in [-0.4, -0.2) is 18.7 Å². The fourth-order valence-electron chi connectivity index (χ4n) is 1.79. The Bertz CT molecular complexity index is 417. The summed E-state index contributed by atoms with van der Waals surface area (Å²) in [5.74, 6) is -0.514. The summed E-state index contributed by atoms with van der Waals surface area (Å²) in [6.45, 7) is -0.00468. The first kappa shape index (κ1) is 9.83. The van der Waals surface area contributed by atoms with E-state index in [0.29, 0.717) is 24.8 Å². The van der Waals surface area contributed by atoms with E-state index in [0.717, 1.165) is 5.56 Å². The first-order valence-corrected chi connectivity index (χ1v) is 4.75. The van der Waals surface area contributed by atoms with Crippen molar-refractivity contribution < 1.29 is 14.0 Å². The van der Waals surface area contributed by atoms with E-state index in [1.165, 1.54) is 17.0 Å². The summed E-state index contributed by atoms with van der Waals surface area (Å²) in [7, 11) is 0. The Labute approximate surface area is 86.5 Å². The molecule has 0 saturated carbocycles. The number of carbonyl (C=O) groups excluding carboxylic acids is 2. The van der Waals surface area contributed by atoms with Crippen LogP contribution in [-0.2, 0) is 16.0 Å². The lowest BCUT2D eigenvalue weighted by atomic mass is 10.0.